The van der Waals surface area contributed by atoms with Crippen molar-refractivity contribution >= 4 is 15.9 Å². The summed E-state index contributed by atoms with van der Waals surface area (Å²) in [6, 6.07) is 8.08. The Hall–Kier alpha value is -2.53. The van der Waals surface area contributed by atoms with Crippen molar-refractivity contribution in [1.82, 2.24) is 19.1 Å². The molecular formula is C24H34N4O5S. The van der Waals surface area contributed by atoms with Gasteiger partial charge >= 0.3 is 0 Å². The van der Waals surface area contributed by atoms with Crippen LogP contribution >= 0.6 is 0 Å². The fraction of sp³-hybridized carbons (Fsp3) is 0.500. The van der Waals surface area contributed by atoms with E-state index in [0.29, 0.717) is 6.54 Å². The highest BCUT2D eigenvalue weighted by atomic mass is 32.2. The summed E-state index contributed by atoms with van der Waals surface area (Å²) in [7, 11) is 1.46. The van der Waals surface area contributed by atoms with Crippen molar-refractivity contribution in [2.75, 3.05) is 47.4 Å². The number of aliphatic hydroxyl groups is 1. The molecule has 0 aliphatic carbocycles. The quantitative estimate of drug-likeness (QED) is 0.628. The van der Waals surface area contributed by atoms with Gasteiger partial charge in [0, 0.05) is 37.9 Å². The summed E-state index contributed by atoms with van der Waals surface area (Å²) in [5.74, 6) is -0.0626. The molecule has 186 valence electrons. The molecule has 0 fully saturated rings. The van der Waals surface area contributed by atoms with E-state index in [1.54, 1.807) is 54.4 Å². The molecule has 1 aliphatic rings. The predicted molar refractivity (Wildman–Crippen MR) is 130 cm³/mol. The SMILES string of the molecule is C[C@H](CO)N1C[C@H](C)[C@H](CN(C)C(=O)CN(C)C)Oc2cc(-c3ccncc3)ccc2S1(=O)=O. The second kappa shape index (κ2) is 10.8. The first kappa shape index (κ1) is 26.1. The molecule has 0 radical (unpaired) electrons. The third kappa shape index (κ3) is 5.75. The number of amides is 1. The minimum Gasteiger partial charge on any atom is -0.487 e. The monoisotopic (exact) mass is 490 g/mol. The van der Waals surface area contributed by atoms with Crippen LogP contribution in [-0.2, 0) is 14.8 Å². The van der Waals surface area contributed by atoms with Gasteiger partial charge in [-0.05, 0) is 56.4 Å². The van der Waals surface area contributed by atoms with Crippen molar-refractivity contribution in [3.05, 3.63) is 42.7 Å². The topological polar surface area (TPSA) is 103 Å². The largest absolute Gasteiger partial charge is 0.487 e. The lowest BCUT2D eigenvalue weighted by molar-refractivity contribution is -0.132. The fourth-order valence-electron chi connectivity index (χ4n) is 3.93. The van der Waals surface area contributed by atoms with Gasteiger partial charge in [-0.15, -0.1) is 0 Å². The zero-order valence-corrected chi connectivity index (χ0v) is 21.2. The lowest BCUT2D eigenvalue weighted by Gasteiger charge is -2.37. The smallest absolute Gasteiger partial charge is 0.247 e. The molecule has 9 nitrogen and oxygen atoms in total. The molecule has 0 saturated heterocycles. The minimum absolute atomic E-state index is 0.0461. The summed E-state index contributed by atoms with van der Waals surface area (Å²) in [5.41, 5.74) is 1.67. The summed E-state index contributed by atoms with van der Waals surface area (Å²) < 4.78 is 34.8. The van der Waals surface area contributed by atoms with Gasteiger partial charge in [-0.2, -0.15) is 4.31 Å². The molecule has 1 amide bonds. The molecule has 10 heteroatoms. The number of nitrogens with zero attached hydrogens (tertiary/aromatic N) is 4. The number of rotatable bonds is 7. The molecule has 3 atom stereocenters. The lowest BCUT2D eigenvalue weighted by Crippen LogP contribution is -2.50. The Morgan fingerprint density at radius 3 is 2.50 bits per heavy atom. The van der Waals surface area contributed by atoms with Gasteiger partial charge in [0.25, 0.3) is 0 Å². The van der Waals surface area contributed by atoms with Crippen LogP contribution in [0.4, 0.5) is 0 Å². The van der Waals surface area contributed by atoms with Gasteiger partial charge in [0.15, 0.2) is 0 Å². The number of carbonyl (C=O) groups excluding carboxylic acids is 1. The van der Waals surface area contributed by atoms with E-state index >= 15 is 0 Å². The molecule has 1 aliphatic heterocycles. The van der Waals surface area contributed by atoms with E-state index in [-0.39, 0.29) is 42.2 Å². The molecule has 0 spiro atoms. The fourth-order valence-corrected chi connectivity index (χ4v) is 5.76. The number of ether oxygens (including phenoxy) is 1. The van der Waals surface area contributed by atoms with E-state index < -0.39 is 22.2 Å². The number of sulfonamides is 1. The third-order valence-corrected chi connectivity index (χ3v) is 8.03. The Bertz CT molecular complexity index is 1090. The highest BCUT2D eigenvalue weighted by molar-refractivity contribution is 7.89. The van der Waals surface area contributed by atoms with Crippen molar-refractivity contribution in [2.24, 2.45) is 5.92 Å². The second-order valence-electron chi connectivity index (χ2n) is 9.15. The number of aromatic nitrogens is 1. The van der Waals surface area contributed by atoms with Gasteiger partial charge in [0.05, 0.1) is 19.7 Å². The summed E-state index contributed by atoms with van der Waals surface area (Å²) in [5, 5.41) is 9.78. The van der Waals surface area contributed by atoms with Crippen LogP contribution in [0.1, 0.15) is 13.8 Å². The maximum absolute atomic E-state index is 13.6. The van der Waals surface area contributed by atoms with Crippen molar-refractivity contribution < 1.29 is 23.1 Å². The normalized spacial score (nSPS) is 21.1. The number of pyridine rings is 1. The number of carbonyl (C=O) groups is 1. The average molecular weight is 491 g/mol. The van der Waals surface area contributed by atoms with Gasteiger partial charge < -0.3 is 19.6 Å². The molecule has 0 unspecified atom stereocenters. The summed E-state index contributed by atoms with van der Waals surface area (Å²) in [6.45, 7) is 4.01. The van der Waals surface area contributed by atoms with Gasteiger partial charge in [-0.25, -0.2) is 8.42 Å². The van der Waals surface area contributed by atoms with Crippen LogP contribution in [0, 0.1) is 5.92 Å². The lowest BCUT2D eigenvalue weighted by atomic mass is 10.0. The highest BCUT2D eigenvalue weighted by Crippen LogP contribution is 2.36. The first-order valence-corrected chi connectivity index (χ1v) is 12.7. The molecule has 0 saturated carbocycles. The van der Waals surface area contributed by atoms with Crippen molar-refractivity contribution in [3.8, 4) is 16.9 Å². The molecule has 34 heavy (non-hydrogen) atoms. The summed E-state index contributed by atoms with van der Waals surface area (Å²) in [4.78, 5) is 20.1. The molecule has 2 aromatic rings. The van der Waals surface area contributed by atoms with Crippen LogP contribution in [0.2, 0.25) is 0 Å². The number of hydrogen-bond donors (Lipinski definition) is 1. The number of likely N-dealkylation sites (N-methyl/N-ethyl adjacent to an activating group) is 2. The van der Waals surface area contributed by atoms with Gasteiger partial charge in [0.2, 0.25) is 15.9 Å². The average Bonchev–Trinajstić information content (AvgIpc) is 2.80. The van der Waals surface area contributed by atoms with Crippen LogP contribution in [0.15, 0.2) is 47.6 Å². The summed E-state index contributed by atoms with van der Waals surface area (Å²) >= 11 is 0. The van der Waals surface area contributed by atoms with Crippen LogP contribution in [0.3, 0.4) is 0 Å². The zero-order valence-electron chi connectivity index (χ0n) is 20.4. The maximum Gasteiger partial charge on any atom is 0.247 e. The highest BCUT2D eigenvalue weighted by Gasteiger charge is 2.38. The number of hydrogen-bond acceptors (Lipinski definition) is 7. The van der Waals surface area contributed by atoms with E-state index in [1.807, 2.05) is 33.2 Å². The first-order chi connectivity index (χ1) is 16.0. The van der Waals surface area contributed by atoms with Crippen LogP contribution < -0.4 is 4.74 Å². The molecule has 0 bridgehead atoms. The molecule has 2 heterocycles. The van der Waals surface area contributed by atoms with Crippen molar-refractivity contribution in [3.63, 3.8) is 0 Å². The Balaban J connectivity index is 2.06. The number of fused-ring (bicyclic) bond motifs is 1. The maximum atomic E-state index is 13.6. The Morgan fingerprint density at radius 2 is 1.88 bits per heavy atom. The standard InChI is InChI=1S/C24H34N4O5S/c1-17-13-28(18(2)16-29)34(31,32)23-7-6-20(19-8-10-25-11-9-19)12-21(23)33-22(17)14-27(5)24(30)15-26(3)4/h6-12,17-18,22,29H,13-16H2,1-5H3/t17-,18+,22-/m0/s1. The zero-order chi connectivity index (χ0) is 25.0. The van der Waals surface area contributed by atoms with Crippen molar-refractivity contribution in [2.45, 2.75) is 30.9 Å². The first-order valence-electron chi connectivity index (χ1n) is 11.3. The van der Waals surface area contributed by atoms with E-state index in [0.717, 1.165) is 11.1 Å². The summed E-state index contributed by atoms with van der Waals surface area (Å²) in [6.07, 6.45) is 2.89. The van der Waals surface area contributed by atoms with Gasteiger partial charge in [-0.1, -0.05) is 13.0 Å². The van der Waals surface area contributed by atoms with E-state index in [2.05, 4.69) is 4.98 Å². The third-order valence-electron chi connectivity index (χ3n) is 6.01. The van der Waals surface area contributed by atoms with E-state index in [4.69, 9.17) is 4.74 Å². The molecule has 3 rings (SSSR count). The number of aliphatic hydroxyl groups excluding tert-OH is 1. The van der Waals surface area contributed by atoms with Crippen LogP contribution in [0.25, 0.3) is 11.1 Å². The van der Waals surface area contributed by atoms with Crippen LogP contribution in [-0.4, -0.2) is 98.1 Å². The second-order valence-corrected chi connectivity index (χ2v) is 11.0. The number of benzene rings is 1. The molecule has 1 aromatic carbocycles. The van der Waals surface area contributed by atoms with Gasteiger partial charge in [-0.3, -0.25) is 9.78 Å². The van der Waals surface area contributed by atoms with E-state index in [1.165, 1.54) is 4.31 Å². The molecule has 1 aromatic heterocycles. The molecular weight excluding hydrogens is 456 g/mol. The predicted octanol–water partition coefficient (Wildman–Crippen LogP) is 1.54. The van der Waals surface area contributed by atoms with Crippen LogP contribution in [0.5, 0.6) is 5.75 Å². The van der Waals surface area contributed by atoms with Crippen molar-refractivity contribution in [1.29, 1.82) is 0 Å². The van der Waals surface area contributed by atoms with E-state index in [9.17, 15) is 18.3 Å². The Morgan fingerprint density at radius 1 is 1.21 bits per heavy atom. The molecule has 1 N–H and O–H groups in total. The Kier molecular flexibility index (Phi) is 8.29. The minimum atomic E-state index is -3.92. The van der Waals surface area contributed by atoms with Gasteiger partial charge in [0.1, 0.15) is 16.7 Å². The Labute approximate surface area is 202 Å².